The minimum Gasteiger partial charge on any atom is -0.369 e. The second-order valence-corrected chi connectivity index (χ2v) is 6.84. The van der Waals surface area contributed by atoms with Gasteiger partial charge in [-0.25, -0.2) is 0 Å². The van der Waals surface area contributed by atoms with Gasteiger partial charge in [-0.1, -0.05) is 29.3 Å². The third-order valence-corrected chi connectivity index (χ3v) is 4.13. The van der Waals surface area contributed by atoms with Gasteiger partial charge in [-0.15, -0.1) is 24.0 Å². The molecule has 0 bridgehead atoms. The summed E-state index contributed by atoms with van der Waals surface area (Å²) in [4.78, 5) is 17.9. The number of benzene rings is 1. The number of aliphatic imine (C=N–C) groups is 1. The molecule has 0 aliphatic heterocycles. The van der Waals surface area contributed by atoms with Crippen LogP contribution in [0.25, 0.3) is 0 Å². The lowest BCUT2D eigenvalue weighted by atomic mass is 9.93. The maximum Gasteiger partial charge on any atom is 0.224 e. The molecule has 0 unspecified atom stereocenters. The number of hydrogen-bond acceptors (Lipinski definition) is 2. The van der Waals surface area contributed by atoms with E-state index in [2.05, 4.69) is 10.3 Å². The molecule has 1 rings (SSSR count). The summed E-state index contributed by atoms with van der Waals surface area (Å²) in [5.74, 6) is 0.331. The molecule has 1 amide bonds. The standard InChI is InChI=1S/C16H24Cl2N4O.HI/c1-5-20-15(21-10-16(2,3)14(19)23)22(4)9-11-6-7-12(17)13(18)8-11;/h6-8H,5,9-10H2,1-4H3,(H2,19,23)(H,20,21);1H. The smallest absolute Gasteiger partial charge is 0.224 e. The van der Waals surface area contributed by atoms with Crippen molar-refractivity contribution in [1.82, 2.24) is 10.2 Å². The van der Waals surface area contributed by atoms with E-state index in [1.54, 1.807) is 19.9 Å². The molecule has 0 heterocycles. The average Bonchev–Trinajstić information content (AvgIpc) is 2.47. The van der Waals surface area contributed by atoms with Crippen molar-refractivity contribution in [1.29, 1.82) is 0 Å². The summed E-state index contributed by atoms with van der Waals surface area (Å²) in [5.41, 5.74) is 5.72. The summed E-state index contributed by atoms with van der Waals surface area (Å²) in [5, 5.41) is 4.26. The van der Waals surface area contributed by atoms with Gasteiger partial charge in [0.1, 0.15) is 0 Å². The first kappa shape index (κ1) is 23.3. The summed E-state index contributed by atoms with van der Waals surface area (Å²) in [6.45, 7) is 7.20. The molecule has 0 aliphatic rings. The van der Waals surface area contributed by atoms with Crippen molar-refractivity contribution in [2.45, 2.75) is 27.3 Å². The Morgan fingerprint density at radius 3 is 2.46 bits per heavy atom. The van der Waals surface area contributed by atoms with E-state index < -0.39 is 5.41 Å². The van der Waals surface area contributed by atoms with E-state index in [1.807, 2.05) is 31.0 Å². The van der Waals surface area contributed by atoms with Crippen LogP contribution in [-0.4, -0.2) is 36.9 Å². The zero-order chi connectivity index (χ0) is 17.6. The van der Waals surface area contributed by atoms with Crippen molar-refractivity contribution < 1.29 is 4.79 Å². The first-order chi connectivity index (χ1) is 10.7. The molecular formula is C16H25Cl2IN4O. The van der Waals surface area contributed by atoms with Crippen molar-refractivity contribution in [3.63, 3.8) is 0 Å². The van der Waals surface area contributed by atoms with Gasteiger partial charge in [0.2, 0.25) is 5.91 Å². The Labute approximate surface area is 171 Å². The van der Waals surface area contributed by atoms with E-state index in [0.717, 1.165) is 12.1 Å². The van der Waals surface area contributed by atoms with Crippen LogP contribution in [0.3, 0.4) is 0 Å². The van der Waals surface area contributed by atoms with Gasteiger partial charge < -0.3 is 16.0 Å². The topological polar surface area (TPSA) is 70.7 Å². The highest BCUT2D eigenvalue weighted by Gasteiger charge is 2.25. The number of amides is 1. The summed E-state index contributed by atoms with van der Waals surface area (Å²) in [7, 11) is 1.92. The second-order valence-electron chi connectivity index (χ2n) is 6.02. The third kappa shape index (κ3) is 7.03. The second kappa shape index (κ2) is 10.3. The van der Waals surface area contributed by atoms with Gasteiger partial charge in [-0.2, -0.15) is 0 Å². The zero-order valence-electron chi connectivity index (χ0n) is 14.4. The maximum atomic E-state index is 11.4. The number of primary amides is 1. The number of carbonyl (C=O) groups excluding carboxylic acids is 1. The number of hydrogen-bond donors (Lipinski definition) is 2. The molecule has 3 N–H and O–H groups in total. The largest absolute Gasteiger partial charge is 0.369 e. The lowest BCUT2D eigenvalue weighted by Crippen LogP contribution is -2.40. The fourth-order valence-electron chi connectivity index (χ4n) is 1.81. The van der Waals surface area contributed by atoms with Crippen LogP contribution in [0.15, 0.2) is 23.2 Å². The molecule has 1 aromatic carbocycles. The predicted octanol–water partition coefficient (Wildman–Crippen LogP) is 3.52. The van der Waals surface area contributed by atoms with E-state index in [-0.39, 0.29) is 29.9 Å². The summed E-state index contributed by atoms with van der Waals surface area (Å²) >= 11 is 12.0. The van der Waals surface area contributed by atoms with Gasteiger partial charge in [0, 0.05) is 20.1 Å². The van der Waals surface area contributed by atoms with Crippen LogP contribution in [0.5, 0.6) is 0 Å². The first-order valence-corrected chi connectivity index (χ1v) is 8.16. The summed E-state index contributed by atoms with van der Waals surface area (Å²) in [6, 6.07) is 5.52. The molecule has 0 aliphatic carbocycles. The molecule has 0 aromatic heterocycles. The van der Waals surface area contributed by atoms with E-state index in [1.165, 1.54) is 0 Å². The highest BCUT2D eigenvalue weighted by atomic mass is 127. The molecule has 0 atom stereocenters. The third-order valence-electron chi connectivity index (χ3n) is 3.39. The van der Waals surface area contributed by atoms with Crippen molar-refractivity contribution >= 4 is 59.0 Å². The molecule has 5 nitrogen and oxygen atoms in total. The number of halogens is 3. The van der Waals surface area contributed by atoms with Gasteiger partial charge >= 0.3 is 0 Å². The molecular weight excluding hydrogens is 462 g/mol. The minimum absolute atomic E-state index is 0. The Kier molecular flexibility index (Phi) is 9.99. The fourth-order valence-corrected chi connectivity index (χ4v) is 2.13. The fraction of sp³-hybridized carbons (Fsp3) is 0.500. The van der Waals surface area contributed by atoms with Crippen LogP contribution in [0.4, 0.5) is 0 Å². The summed E-state index contributed by atoms with van der Waals surface area (Å²) < 4.78 is 0. The Hall–Kier alpha value is -0.730. The van der Waals surface area contributed by atoms with Crippen molar-refractivity contribution in [3.8, 4) is 0 Å². The average molecular weight is 487 g/mol. The van der Waals surface area contributed by atoms with Crippen LogP contribution in [0.1, 0.15) is 26.3 Å². The number of carbonyl (C=O) groups is 1. The minimum atomic E-state index is -0.689. The van der Waals surface area contributed by atoms with Crippen LogP contribution >= 0.6 is 47.2 Å². The summed E-state index contributed by atoms with van der Waals surface area (Å²) in [6.07, 6.45) is 0. The van der Waals surface area contributed by atoms with Gasteiger partial charge in [0.25, 0.3) is 0 Å². The van der Waals surface area contributed by atoms with Gasteiger partial charge in [0.05, 0.1) is 22.0 Å². The molecule has 0 spiro atoms. The monoisotopic (exact) mass is 486 g/mol. The molecule has 0 radical (unpaired) electrons. The van der Waals surface area contributed by atoms with Crippen LogP contribution in [0, 0.1) is 5.41 Å². The molecule has 0 saturated heterocycles. The molecule has 24 heavy (non-hydrogen) atoms. The molecule has 8 heteroatoms. The van der Waals surface area contributed by atoms with E-state index in [9.17, 15) is 4.79 Å². The molecule has 1 aromatic rings. The van der Waals surface area contributed by atoms with Gasteiger partial charge in [-0.05, 0) is 38.5 Å². The lowest BCUT2D eigenvalue weighted by Gasteiger charge is -2.24. The van der Waals surface area contributed by atoms with Crippen molar-refractivity contribution in [3.05, 3.63) is 33.8 Å². The predicted molar refractivity (Wildman–Crippen MR) is 112 cm³/mol. The SMILES string of the molecule is CCNC(=NCC(C)(C)C(N)=O)N(C)Cc1ccc(Cl)c(Cl)c1.I. The number of rotatable bonds is 6. The van der Waals surface area contributed by atoms with E-state index in [0.29, 0.717) is 29.1 Å². The Morgan fingerprint density at radius 1 is 1.33 bits per heavy atom. The van der Waals surface area contributed by atoms with Crippen LogP contribution in [-0.2, 0) is 11.3 Å². The van der Waals surface area contributed by atoms with Crippen LogP contribution in [0.2, 0.25) is 10.0 Å². The highest BCUT2D eigenvalue weighted by molar-refractivity contribution is 14.0. The van der Waals surface area contributed by atoms with E-state index >= 15 is 0 Å². The van der Waals surface area contributed by atoms with Crippen molar-refractivity contribution in [2.24, 2.45) is 16.1 Å². The Balaban J connectivity index is 0.00000529. The number of nitrogens with two attached hydrogens (primary N) is 1. The highest BCUT2D eigenvalue weighted by Crippen LogP contribution is 2.23. The quantitative estimate of drug-likeness (QED) is 0.367. The van der Waals surface area contributed by atoms with E-state index in [4.69, 9.17) is 28.9 Å². The number of nitrogens with one attached hydrogen (secondary N) is 1. The first-order valence-electron chi connectivity index (χ1n) is 7.40. The van der Waals surface area contributed by atoms with Gasteiger partial charge in [-0.3, -0.25) is 9.79 Å². The maximum absolute atomic E-state index is 11.4. The zero-order valence-corrected chi connectivity index (χ0v) is 18.2. The van der Waals surface area contributed by atoms with Gasteiger partial charge in [0.15, 0.2) is 5.96 Å². The Morgan fingerprint density at radius 2 is 1.96 bits per heavy atom. The Bertz CT molecular complexity index is 593. The normalized spacial score (nSPS) is 11.7. The molecule has 0 fully saturated rings. The molecule has 136 valence electrons. The van der Waals surface area contributed by atoms with Crippen LogP contribution < -0.4 is 11.1 Å². The lowest BCUT2D eigenvalue weighted by molar-refractivity contribution is -0.125. The number of nitrogens with zero attached hydrogens (tertiary/aromatic N) is 2. The van der Waals surface area contributed by atoms with Crippen molar-refractivity contribution in [2.75, 3.05) is 20.1 Å². The molecule has 0 saturated carbocycles. The number of guanidine groups is 1.